The van der Waals surface area contributed by atoms with Gasteiger partial charge in [0.05, 0.1) is 17.6 Å². The third kappa shape index (κ3) is 4.18. The zero-order valence-electron chi connectivity index (χ0n) is 14.9. The third-order valence-corrected chi connectivity index (χ3v) is 4.04. The number of ether oxygens (including phenoxy) is 2. The van der Waals surface area contributed by atoms with Crippen LogP contribution >= 0.6 is 0 Å². The summed E-state index contributed by atoms with van der Waals surface area (Å²) < 4.78 is 13.0. The predicted octanol–water partition coefficient (Wildman–Crippen LogP) is 3.24. The van der Waals surface area contributed by atoms with Crippen LogP contribution in [-0.4, -0.2) is 34.5 Å². The zero-order valence-corrected chi connectivity index (χ0v) is 14.9. The first kappa shape index (κ1) is 17.5. The Hall–Kier alpha value is -2.37. The molecule has 1 aromatic heterocycles. The van der Waals surface area contributed by atoms with E-state index in [1.807, 2.05) is 54.8 Å². The van der Waals surface area contributed by atoms with Crippen molar-refractivity contribution in [3.05, 3.63) is 59.4 Å². The maximum Gasteiger partial charge on any atom is 0.136 e. The fraction of sp³-hybridized carbons (Fsp3) is 0.350. The minimum absolute atomic E-state index is 0.224. The highest BCUT2D eigenvalue weighted by atomic mass is 16.5. The van der Waals surface area contributed by atoms with Crippen molar-refractivity contribution >= 4 is 11.0 Å². The Morgan fingerprint density at radius 2 is 1.84 bits per heavy atom. The minimum atomic E-state index is -0.644. The Morgan fingerprint density at radius 3 is 2.56 bits per heavy atom. The van der Waals surface area contributed by atoms with Gasteiger partial charge in [0, 0.05) is 7.11 Å². The van der Waals surface area contributed by atoms with Gasteiger partial charge in [0.15, 0.2) is 0 Å². The SMILES string of the molecule is COCc1nc2ccccc2n1C[C@H](O)COc1cc(C)cc(C)c1. The number of aliphatic hydroxyl groups is 1. The van der Waals surface area contributed by atoms with Crippen molar-refractivity contribution in [2.75, 3.05) is 13.7 Å². The highest BCUT2D eigenvalue weighted by Crippen LogP contribution is 2.19. The molecule has 2 aromatic carbocycles. The molecular weight excluding hydrogens is 316 g/mol. The standard InChI is InChI=1S/C20H24N2O3/c1-14-8-15(2)10-17(9-14)25-12-16(23)11-22-19-7-5-4-6-18(19)21-20(22)13-24-3/h4-10,16,23H,11-13H2,1-3H3/t16-/m0/s1. The van der Waals surface area contributed by atoms with Crippen LogP contribution in [0.25, 0.3) is 11.0 Å². The Bertz CT molecular complexity index is 837. The molecule has 0 saturated heterocycles. The number of rotatable bonds is 7. The summed E-state index contributed by atoms with van der Waals surface area (Å²) in [6, 6.07) is 13.9. The van der Waals surface area contributed by atoms with Crippen LogP contribution in [0.4, 0.5) is 0 Å². The van der Waals surface area contributed by atoms with E-state index in [1.165, 1.54) is 0 Å². The number of aliphatic hydroxyl groups excluding tert-OH is 1. The lowest BCUT2D eigenvalue weighted by atomic mass is 10.1. The van der Waals surface area contributed by atoms with Gasteiger partial charge in [-0.1, -0.05) is 18.2 Å². The Morgan fingerprint density at radius 1 is 1.12 bits per heavy atom. The van der Waals surface area contributed by atoms with Crippen LogP contribution in [0.5, 0.6) is 5.75 Å². The van der Waals surface area contributed by atoms with E-state index < -0.39 is 6.10 Å². The van der Waals surface area contributed by atoms with Gasteiger partial charge in [-0.05, 0) is 49.2 Å². The van der Waals surface area contributed by atoms with E-state index in [2.05, 4.69) is 11.1 Å². The van der Waals surface area contributed by atoms with Gasteiger partial charge >= 0.3 is 0 Å². The average Bonchev–Trinajstić information content (AvgIpc) is 2.90. The number of hydrogen-bond donors (Lipinski definition) is 1. The number of aryl methyl sites for hydroxylation is 2. The summed E-state index contributed by atoms with van der Waals surface area (Å²) in [5.74, 6) is 1.58. The molecule has 132 valence electrons. The number of imidazole rings is 1. The number of hydrogen-bond acceptors (Lipinski definition) is 4. The van der Waals surface area contributed by atoms with Gasteiger partial charge in [-0.15, -0.1) is 0 Å². The molecule has 1 atom stereocenters. The molecule has 5 heteroatoms. The van der Waals surface area contributed by atoms with E-state index >= 15 is 0 Å². The Kier molecular flexibility index (Phi) is 5.36. The van der Waals surface area contributed by atoms with Crippen LogP contribution in [0.1, 0.15) is 17.0 Å². The predicted molar refractivity (Wildman–Crippen MR) is 97.9 cm³/mol. The van der Waals surface area contributed by atoms with E-state index in [0.717, 1.165) is 33.7 Å². The molecule has 0 aliphatic carbocycles. The lowest BCUT2D eigenvalue weighted by Gasteiger charge is -2.16. The second-order valence-corrected chi connectivity index (χ2v) is 6.35. The van der Waals surface area contributed by atoms with Crippen LogP contribution < -0.4 is 4.74 Å². The normalized spacial score (nSPS) is 12.5. The number of benzene rings is 2. The minimum Gasteiger partial charge on any atom is -0.491 e. The molecule has 0 bridgehead atoms. The summed E-state index contributed by atoms with van der Waals surface area (Å²) in [5, 5.41) is 10.5. The van der Waals surface area contributed by atoms with Crippen LogP contribution in [0.3, 0.4) is 0 Å². The molecule has 0 radical (unpaired) electrons. The third-order valence-electron chi connectivity index (χ3n) is 4.04. The largest absolute Gasteiger partial charge is 0.491 e. The smallest absolute Gasteiger partial charge is 0.136 e. The van der Waals surface area contributed by atoms with E-state index in [4.69, 9.17) is 9.47 Å². The number of aromatic nitrogens is 2. The summed E-state index contributed by atoms with van der Waals surface area (Å²) in [4.78, 5) is 4.58. The first-order valence-electron chi connectivity index (χ1n) is 8.39. The number of nitrogens with zero attached hydrogens (tertiary/aromatic N) is 2. The van der Waals surface area contributed by atoms with Gasteiger partial charge in [0.25, 0.3) is 0 Å². The van der Waals surface area contributed by atoms with E-state index in [9.17, 15) is 5.11 Å². The van der Waals surface area contributed by atoms with Crippen LogP contribution in [-0.2, 0) is 17.9 Å². The van der Waals surface area contributed by atoms with E-state index in [0.29, 0.717) is 13.2 Å². The monoisotopic (exact) mass is 340 g/mol. The summed E-state index contributed by atoms with van der Waals surface area (Å²) >= 11 is 0. The fourth-order valence-corrected chi connectivity index (χ4v) is 3.04. The number of fused-ring (bicyclic) bond motifs is 1. The van der Waals surface area contributed by atoms with Gasteiger partial charge < -0.3 is 19.1 Å². The highest BCUT2D eigenvalue weighted by molar-refractivity contribution is 5.75. The van der Waals surface area contributed by atoms with Crippen molar-refractivity contribution < 1.29 is 14.6 Å². The Balaban J connectivity index is 1.73. The summed E-state index contributed by atoms with van der Waals surface area (Å²) in [7, 11) is 1.64. The first-order valence-corrected chi connectivity index (χ1v) is 8.39. The molecule has 0 fully saturated rings. The van der Waals surface area contributed by atoms with Crippen molar-refractivity contribution in [3.63, 3.8) is 0 Å². The Labute approximate surface area is 147 Å². The lowest BCUT2D eigenvalue weighted by Crippen LogP contribution is -2.24. The van der Waals surface area contributed by atoms with Crippen molar-refractivity contribution in [3.8, 4) is 5.75 Å². The molecule has 0 aliphatic heterocycles. The second kappa shape index (κ2) is 7.68. The van der Waals surface area contributed by atoms with Crippen LogP contribution in [0.15, 0.2) is 42.5 Å². The molecule has 5 nitrogen and oxygen atoms in total. The summed E-state index contributed by atoms with van der Waals surface area (Å²) in [6.45, 7) is 5.10. The topological polar surface area (TPSA) is 56.5 Å². The number of para-hydroxylation sites is 2. The number of methoxy groups -OCH3 is 1. The highest BCUT2D eigenvalue weighted by Gasteiger charge is 2.14. The molecule has 0 aliphatic rings. The first-order chi connectivity index (χ1) is 12.1. The lowest BCUT2D eigenvalue weighted by molar-refractivity contribution is 0.0901. The molecular formula is C20H24N2O3. The van der Waals surface area contributed by atoms with Gasteiger partial charge in [-0.3, -0.25) is 0 Å². The molecule has 0 unspecified atom stereocenters. The van der Waals surface area contributed by atoms with E-state index in [-0.39, 0.29) is 6.61 Å². The summed E-state index contributed by atoms with van der Waals surface area (Å²) in [6.07, 6.45) is -0.644. The average molecular weight is 340 g/mol. The quantitative estimate of drug-likeness (QED) is 0.717. The zero-order chi connectivity index (χ0) is 17.8. The molecule has 0 spiro atoms. The molecule has 0 saturated carbocycles. The van der Waals surface area contributed by atoms with Crippen molar-refractivity contribution in [2.24, 2.45) is 0 Å². The van der Waals surface area contributed by atoms with Crippen molar-refractivity contribution in [2.45, 2.75) is 33.1 Å². The maximum absolute atomic E-state index is 10.5. The molecule has 1 N–H and O–H groups in total. The molecule has 0 amide bonds. The van der Waals surface area contributed by atoms with Gasteiger partial charge in [0.1, 0.15) is 30.9 Å². The van der Waals surface area contributed by atoms with Crippen molar-refractivity contribution in [1.82, 2.24) is 9.55 Å². The molecule has 1 heterocycles. The van der Waals surface area contributed by atoms with Crippen molar-refractivity contribution in [1.29, 1.82) is 0 Å². The van der Waals surface area contributed by atoms with Crippen LogP contribution in [0, 0.1) is 13.8 Å². The van der Waals surface area contributed by atoms with Gasteiger partial charge in [-0.25, -0.2) is 4.98 Å². The van der Waals surface area contributed by atoms with Crippen LogP contribution in [0.2, 0.25) is 0 Å². The molecule has 3 aromatic rings. The van der Waals surface area contributed by atoms with Gasteiger partial charge in [-0.2, -0.15) is 0 Å². The van der Waals surface area contributed by atoms with E-state index in [1.54, 1.807) is 7.11 Å². The van der Waals surface area contributed by atoms with Gasteiger partial charge in [0.2, 0.25) is 0 Å². The molecule has 25 heavy (non-hydrogen) atoms. The maximum atomic E-state index is 10.5. The molecule has 3 rings (SSSR count). The summed E-state index contributed by atoms with van der Waals surface area (Å²) in [5.41, 5.74) is 4.18. The second-order valence-electron chi connectivity index (χ2n) is 6.35. The fourth-order valence-electron chi connectivity index (χ4n) is 3.04.